The Morgan fingerprint density at radius 1 is 0.426 bits per heavy atom. The van der Waals surface area contributed by atoms with Crippen molar-refractivity contribution in [1.82, 2.24) is 15.0 Å². The first-order valence-corrected chi connectivity index (χ1v) is 16.1. The van der Waals surface area contributed by atoms with Gasteiger partial charge in [0.1, 0.15) is 0 Å². The molecule has 2 heterocycles. The van der Waals surface area contributed by atoms with Crippen molar-refractivity contribution in [2.45, 2.75) is 19.3 Å². The van der Waals surface area contributed by atoms with Crippen LogP contribution in [0.5, 0.6) is 0 Å². The molecule has 0 spiro atoms. The van der Waals surface area contributed by atoms with Crippen molar-refractivity contribution in [3.05, 3.63) is 163 Å². The Bertz CT molecular complexity index is 2480. The van der Waals surface area contributed by atoms with Crippen LogP contribution in [-0.2, 0) is 5.41 Å². The van der Waals surface area contributed by atoms with Gasteiger partial charge in [0.25, 0.3) is 0 Å². The number of nitrogens with zero attached hydrogens (tertiary/aromatic N) is 3. The van der Waals surface area contributed by atoms with Crippen LogP contribution in [0.15, 0.2) is 152 Å². The fourth-order valence-corrected chi connectivity index (χ4v) is 7.31. The second kappa shape index (κ2) is 10.6. The van der Waals surface area contributed by atoms with Crippen molar-refractivity contribution in [3.8, 4) is 56.3 Å². The topological polar surface area (TPSA) is 38.7 Å². The fraction of sp³-hybridized carbons (Fsp3) is 0.0682. The van der Waals surface area contributed by atoms with Crippen LogP contribution in [0.2, 0.25) is 0 Å². The predicted octanol–water partition coefficient (Wildman–Crippen LogP) is 11.2. The fourth-order valence-electron chi connectivity index (χ4n) is 7.31. The molecule has 47 heavy (non-hydrogen) atoms. The molecule has 222 valence electrons. The average molecular weight is 602 g/mol. The van der Waals surface area contributed by atoms with Crippen LogP contribution in [0.1, 0.15) is 25.0 Å². The lowest BCUT2D eigenvalue weighted by molar-refractivity contribution is 0.661. The van der Waals surface area contributed by atoms with Crippen LogP contribution in [0, 0.1) is 0 Å². The van der Waals surface area contributed by atoms with Gasteiger partial charge in [-0.1, -0.05) is 123 Å². The smallest absolute Gasteiger partial charge is 0.160 e. The van der Waals surface area contributed by atoms with E-state index in [1.807, 2.05) is 30.5 Å². The van der Waals surface area contributed by atoms with Gasteiger partial charge in [-0.25, -0.2) is 9.97 Å². The molecule has 6 aromatic carbocycles. The lowest BCUT2D eigenvalue weighted by Crippen LogP contribution is -2.14. The lowest BCUT2D eigenvalue weighted by Gasteiger charge is -2.21. The largest absolute Gasteiger partial charge is 0.256 e. The van der Waals surface area contributed by atoms with E-state index < -0.39 is 0 Å². The first-order chi connectivity index (χ1) is 23.0. The van der Waals surface area contributed by atoms with Gasteiger partial charge in [-0.15, -0.1) is 0 Å². The Morgan fingerprint density at radius 3 is 1.89 bits per heavy atom. The summed E-state index contributed by atoms with van der Waals surface area (Å²) in [6.45, 7) is 4.67. The summed E-state index contributed by atoms with van der Waals surface area (Å²) < 4.78 is 0. The van der Waals surface area contributed by atoms with Crippen molar-refractivity contribution in [2.24, 2.45) is 0 Å². The van der Waals surface area contributed by atoms with E-state index in [4.69, 9.17) is 9.97 Å². The highest BCUT2D eigenvalue weighted by atomic mass is 14.9. The van der Waals surface area contributed by atoms with Gasteiger partial charge in [-0.3, -0.25) is 4.98 Å². The molecule has 8 aromatic rings. The number of hydrogen-bond acceptors (Lipinski definition) is 3. The molecule has 0 amide bonds. The van der Waals surface area contributed by atoms with E-state index >= 15 is 0 Å². The van der Waals surface area contributed by atoms with Crippen LogP contribution in [0.4, 0.5) is 0 Å². The van der Waals surface area contributed by atoms with E-state index in [1.54, 1.807) is 0 Å². The second-order valence-electron chi connectivity index (χ2n) is 12.9. The standard InChI is InChI=1S/C44H31N3/c1-44(2)38-17-9-8-14-32(38)37-26-36-30(25-39(37)44)21-19-28-20-22-31(24-35(28)36)43-46-41(29-12-4-3-5-13-29)27-42(47-43)34-16-7-6-15-33(34)40-18-10-11-23-45-40/h3-27H,1-2H3. The second-order valence-corrected chi connectivity index (χ2v) is 12.9. The van der Waals surface area contributed by atoms with Crippen molar-refractivity contribution in [1.29, 1.82) is 0 Å². The zero-order valence-corrected chi connectivity index (χ0v) is 26.3. The molecular weight excluding hydrogens is 571 g/mol. The van der Waals surface area contributed by atoms with E-state index in [9.17, 15) is 0 Å². The normalized spacial score (nSPS) is 13.1. The minimum Gasteiger partial charge on any atom is -0.256 e. The molecular formula is C44H31N3. The van der Waals surface area contributed by atoms with Crippen molar-refractivity contribution in [3.63, 3.8) is 0 Å². The van der Waals surface area contributed by atoms with Crippen LogP contribution >= 0.6 is 0 Å². The minimum absolute atomic E-state index is 0.0371. The van der Waals surface area contributed by atoms with Crippen LogP contribution in [-0.4, -0.2) is 15.0 Å². The van der Waals surface area contributed by atoms with Gasteiger partial charge in [-0.05, 0) is 80.2 Å². The third-order valence-corrected chi connectivity index (χ3v) is 9.74. The third-order valence-electron chi connectivity index (χ3n) is 9.74. The highest BCUT2D eigenvalue weighted by Crippen LogP contribution is 2.50. The molecule has 9 rings (SSSR count). The molecule has 1 aliphatic carbocycles. The van der Waals surface area contributed by atoms with E-state index in [-0.39, 0.29) is 5.41 Å². The van der Waals surface area contributed by atoms with Gasteiger partial charge < -0.3 is 0 Å². The summed E-state index contributed by atoms with van der Waals surface area (Å²) in [4.78, 5) is 15.1. The Balaban J connectivity index is 1.26. The summed E-state index contributed by atoms with van der Waals surface area (Å²) in [5.74, 6) is 0.698. The maximum Gasteiger partial charge on any atom is 0.160 e. The van der Waals surface area contributed by atoms with Gasteiger partial charge in [0, 0.05) is 33.9 Å². The number of pyridine rings is 1. The zero-order chi connectivity index (χ0) is 31.5. The van der Waals surface area contributed by atoms with E-state index in [0.29, 0.717) is 5.82 Å². The Kier molecular flexibility index (Phi) is 6.16. The SMILES string of the molecule is CC1(C)c2ccccc2-c2cc3c(ccc4ccc(-c5nc(-c6ccccc6)cc(-c6ccccc6-c6ccccn6)n5)cc43)cc21. The maximum atomic E-state index is 5.24. The molecule has 0 N–H and O–H groups in total. The quantitative estimate of drug-likeness (QED) is 0.188. The number of rotatable bonds is 4. The number of fused-ring (bicyclic) bond motifs is 6. The molecule has 0 bridgehead atoms. The average Bonchev–Trinajstić information content (AvgIpc) is 3.36. The molecule has 0 radical (unpaired) electrons. The summed E-state index contributed by atoms with van der Waals surface area (Å²) in [5, 5.41) is 4.90. The molecule has 3 heteroatoms. The van der Waals surface area contributed by atoms with Gasteiger partial charge in [0.15, 0.2) is 5.82 Å². The van der Waals surface area contributed by atoms with Gasteiger partial charge in [0.05, 0.1) is 17.1 Å². The van der Waals surface area contributed by atoms with Gasteiger partial charge in [-0.2, -0.15) is 0 Å². The van der Waals surface area contributed by atoms with E-state index in [0.717, 1.165) is 39.3 Å². The maximum absolute atomic E-state index is 5.24. The van der Waals surface area contributed by atoms with E-state index in [2.05, 4.69) is 140 Å². The summed E-state index contributed by atoms with van der Waals surface area (Å²) in [6.07, 6.45) is 1.83. The third kappa shape index (κ3) is 4.46. The monoisotopic (exact) mass is 601 g/mol. The Hall–Kier alpha value is -5.93. The number of aromatic nitrogens is 3. The summed E-state index contributed by atoms with van der Waals surface area (Å²) in [5.41, 5.74) is 12.2. The van der Waals surface area contributed by atoms with Crippen molar-refractivity contribution < 1.29 is 0 Å². The first-order valence-electron chi connectivity index (χ1n) is 16.1. The zero-order valence-electron chi connectivity index (χ0n) is 26.3. The summed E-state index contributed by atoms with van der Waals surface area (Å²) in [6, 6.07) is 51.6. The molecule has 0 atom stereocenters. The molecule has 0 saturated heterocycles. The predicted molar refractivity (Wildman–Crippen MR) is 194 cm³/mol. The van der Waals surface area contributed by atoms with Crippen LogP contribution in [0.3, 0.4) is 0 Å². The van der Waals surface area contributed by atoms with Crippen molar-refractivity contribution >= 4 is 21.5 Å². The summed E-state index contributed by atoms with van der Waals surface area (Å²) in [7, 11) is 0. The molecule has 0 aliphatic heterocycles. The Labute approximate surface area is 274 Å². The molecule has 0 fully saturated rings. The van der Waals surface area contributed by atoms with Crippen molar-refractivity contribution in [2.75, 3.05) is 0 Å². The van der Waals surface area contributed by atoms with Gasteiger partial charge >= 0.3 is 0 Å². The molecule has 0 unspecified atom stereocenters. The van der Waals surface area contributed by atoms with E-state index in [1.165, 1.54) is 43.8 Å². The summed E-state index contributed by atoms with van der Waals surface area (Å²) >= 11 is 0. The highest BCUT2D eigenvalue weighted by molar-refractivity contribution is 6.11. The minimum atomic E-state index is -0.0371. The Morgan fingerprint density at radius 2 is 1.09 bits per heavy atom. The first kappa shape index (κ1) is 27.4. The molecule has 3 nitrogen and oxygen atoms in total. The number of benzene rings is 6. The molecule has 0 saturated carbocycles. The highest BCUT2D eigenvalue weighted by Gasteiger charge is 2.35. The van der Waals surface area contributed by atoms with Crippen LogP contribution < -0.4 is 0 Å². The van der Waals surface area contributed by atoms with Crippen LogP contribution in [0.25, 0.3) is 77.8 Å². The molecule has 2 aromatic heterocycles. The lowest BCUT2D eigenvalue weighted by atomic mass is 9.81. The molecule has 1 aliphatic rings. The number of hydrogen-bond donors (Lipinski definition) is 0. The van der Waals surface area contributed by atoms with Gasteiger partial charge in [0.2, 0.25) is 0 Å².